The zero-order valence-corrected chi connectivity index (χ0v) is 13.1. The molecule has 2 nitrogen and oxygen atoms in total. The number of halogens is 3. The highest BCUT2D eigenvalue weighted by atomic mass is 32.1. The molecule has 1 aromatic heterocycles. The van der Waals surface area contributed by atoms with Gasteiger partial charge in [0.15, 0.2) is 0 Å². The highest BCUT2D eigenvalue weighted by Crippen LogP contribution is 2.30. The number of carbonyl (C=O) groups is 1. The molecule has 2 aromatic rings. The van der Waals surface area contributed by atoms with E-state index in [-0.39, 0.29) is 5.91 Å². The normalized spacial score (nSPS) is 11.5. The monoisotopic (exact) mass is 327 g/mol. The molecule has 2 rings (SSSR count). The van der Waals surface area contributed by atoms with Gasteiger partial charge < -0.3 is 5.32 Å². The molecule has 1 aromatic carbocycles. The van der Waals surface area contributed by atoms with Crippen molar-refractivity contribution < 1.29 is 18.0 Å². The van der Waals surface area contributed by atoms with Gasteiger partial charge in [0.2, 0.25) is 0 Å². The van der Waals surface area contributed by atoms with Crippen LogP contribution in [0.4, 0.5) is 18.9 Å². The van der Waals surface area contributed by atoms with E-state index in [2.05, 4.69) is 12.2 Å². The van der Waals surface area contributed by atoms with Crippen LogP contribution in [0.2, 0.25) is 0 Å². The fourth-order valence-corrected chi connectivity index (χ4v) is 3.05. The number of anilines is 1. The maximum absolute atomic E-state index is 12.5. The minimum atomic E-state index is -4.37. The van der Waals surface area contributed by atoms with Gasteiger partial charge in [-0.1, -0.05) is 13.3 Å². The number of carbonyl (C=O) groups excluding carboxylic acids is 1. The summed E-state index contributed by atoms with van der Waals surface area (Å²) >= 11 is 1.40. The average Bonchev–Trinajstić information content (AvgIpc) is 2.80. The summed E-state index contributed by atoms with van der Waals surface area (Å²) in [6.45, 7) is 4.03. The molecule has 0 spiro atoms. The molecule has 0 aliphatic carbocycles. The first kappa shape index (κ1) is 16.5. The number of nitrogens with one attached hydrogen (secondary N) is 1. The van der Waals surface area contributed by atoms with Crippen LogP contribution in [-0.4, -0.2) is 5.91 Å². The molecule has 0 radical (unpaired) electrons. The summed E-state index contributed by atoms with van der Waals surface area (Å²) in [6, 6.07) is 6.28. The zero-order valence-electron chi connectivity index (χ0n) is 12.3. The molecule has 0 atom stereocenters. The van der Waals surface area contributed by atoms with Gasteiger partial charge in [-0.3, -0.25) is 4.79 Å². The van der Waals surface area contributed by atoms with Crippen molar-refractivity contribution in [1.82, 2.24) is 0 Å². The maximum atomic E-state index is 12.5. The number of hydrogen-bond donors (Lipinski definition) is 1. The molecular weight excluding hydrogens is 311 g/mol. The maximum Gasteiger partial charge on any atom is 0.416 e. The number of rotatable bonds is 4. The summed E-state index contributed by atoms with van der Waals surface area (Å²) in [5, 5.41) is 2.62. The standard InChI is InChI=1S/C16H16F3NOS/c1-3-4-11-9-14(22-10(11)2)15(21)20-13-7-5-12(6-8-13)16(17,18)19/h5-9H,3-4H2,1-2H3,(H,20,21). The van der Waals surface area contributed by atoms with Crippen LogP contribution in [-0.2, 0) is 12.6 Å². The summed E-state index contributed by atoms with van der Waals surface area (Å²) in [5.41, 5.74) is 0.758. The molecule has 6 heteroatoms. The summed E-state index contributed by atoms with van der Waals surface area (Å²) in [6.07, 6.45) is -2.46. The Bertz CT molecular complexity index is 659. The first-order chi connectivity index (χ1) is 10.3. The van der Waals surface area contributed by atoms with Crippen LogP contribution in [0.15, 0.2) is 30.3 Å². The van der Waals surface area contributed by atoms with E-state index in [1.807, 2.05) is 13.0 Å². The lowest BCUT2D eigenvalue weighted by molar-refractivity contribution is -0.137. The summed E-state index contributed by atoms with van der Waals surface area (Å²) < 4.78 is 37.4. The van der Waals surface area contributed by atoms with Gasteiger partial charge in [-0.05, 0) is 49.2 Å². The highest BCUT2D eigenvalue weighted by Gasteiger charge is 2.30. The molecule has 22 heavy (non-hydrogen) atoms. The molecule has 118 valence electrons. The van der Waals surface area contributed by atoms with Gasteiger partial charge in [0.25, 0.3) is 5.91 Å². The van der Waals surface area contributed by atoms with Gasteiger partial charge in [-0.25, -0.2) is 0 Å². The van der Waals surface area contributed by atoms with Crippen molar-refractivity contribution in [3.63, 3.8) is 0 Å². The van der Waals surface area contributed by atoms with Crippen molar-refractivity contribution >= 4 is 22.9 Å². The van der Waals surface area contributed by atoms with Crippen molar-refractivity contribution in [3.05, 3.63) is 51.2 Å². The fourth-order valence-electron chi connectivity index (χ4n) is 2.08. The largest absolute Gasteiger partial charge is 0.416 e. The fraction of sp³-hybridized carbons (Fsp3) is 0.312. The Morgan fingerprint density at radius 1 is 1.23 bits per heavy atom. The second-order valence-corrected chi connectivity index (χ2v) is 6.23. The number of thiophene rings is 1. The minimum Gasteiger partial charge on any atom is -0.321 e. The third kappa shape index (κ3) is 3.88. The Labute approximate surface area is 131 Å². The Morgan fingerprint density at radius 3 is 2.41 bits per heavy atom. The number of aryl methyl sites for hydroxylation is 2. The third-order valence-electron chi connectivity index (χ3n) is 3.23. The summed E-state index contributed by atoms with van der Waals surface area (Å²) in [7, 11) is 0. The van der Waals surface area contributed by atoms with Crippen molar-refractivity contribution in [2.45, 2.75) is 32.9 Å². The minimum absolute atomic E-state index is 0.296. The molecular formula is C16H16F3NOS. The number of hydrogen-bond acceptors (Lipinski definition) is 2. The molecule has 1 heterocycles. The molecule has 1 amide bonds. The molecule has 0 bridgehead atoms. The van der Waals surface area contributed by atoms with Gasteiger partial charge in [-0.15, -0.1) is 11.3 Å². The number of benzene rings is 1. The Hall–Kier alpha value is -1.82. The van der Waals surface area contributed by atoms with E-state index in [0.717, 1.165) is 35.4 Å². The van der Waals surface area contributed by atoms with Crippen LogP contribution in [0.25, 0.3) is 0 Å². The van der Waals surface area contributed by atoms with E-state index >= 15 is 0 Å². The van der Waals surface area contributed by atoms with Crippen molar-refractivity contribution in [3.8, 4) is 0 Å². The van der Waals surface area contributed by atoms with E-state index in [1.165, 1.54) is 23.5 Å². The first-order valence-corrected chi connectivity index (χ1v) is 7.71. The lowest BCUT2D eigenvalue weighted by atomic mass is 10.1. The van der Waals surface area contributed by atoms with Crippen molar-refractivity contribution in [1.29, 1.82) is 0 Å². The van der Waals surface area contributed by atoms with Crippen LogP contribution < -0.4 is 5.32 Å². The van der Waals surface area contributed by atoms with Gasteiger partial charge >= 0.3 is 6.18 Å². The molecule has 0 aliphatic rings. The Kier molecular flexibility index (Phi) is 4.90. The molecule has 1 N–H and O–H groups in total. The van der Waals surface area contributed by atoms with Crippen LogP contribution in [0.5, 0.6) is 0 Å². The lowest BCUT2D eigenvalue weighted by Crippen LogP contribution is -2.11. The average molecular weight is 327 g/mol. The van der Waals surface area contributed by atoms with E-state index < -0.39 is 11.7 Å². The smallest absolute Gasteiger partial charge is 0.321 e. The van der Waals surface area contributed by atoms with Crippen molar-refractivity contribution in [2.24, 2.45) is 0 Å². The van der Waals surface area contributed by atoms with E-state index in [4.69, 9.17) is 0 Å². The van der Waals surface area contributed by atoms with Crippen LogP contribution in [0, 0.1) is 6.92 Å². The molecule has 0 fully saturated rings. The predicted molar refractivity (Wildman–Crippen MR) is 82.4 cm³/mol. The SMILES string of the molecule is CCCc1cc(C(=O)Nc2ccc(C(F)(F)F)cc2)sc1C. The van der Waals surface area contributed by atoms with Crippen LogP contribution >= 0.6 is 11.3 Å². The van der Waals surface area contributed by atoms with E-state index in [9.17, 15) is 18.0 Å². The van der Waals surface area contributed by atoms with Crippen LogP contribution in [0.3, 0.4) is 0 Å². The summed E-state index contributed by atoms with van der Waals surface area (Å²) in [5.74, 6) is -0.296. The molecule has 0 aliphatic heterocycles. The second kappa shape index (κ2) is 6.52. The van der Waals surface area contributed by atoms with Gasteiger partial charge in [0.1, 0.15) is 0 Å². The van der Waals surface area contributed by atoms with Gasteiger partial charge in [0, 0.05) is 10.6 Å². The predicted octanol–water partition coefficient (Wildman–Crippen LogP) is 5.28. The highest BCUT2D eigenvalue weighted by molar-refractivity contribution is 7.14. The lowest BCUT2D eigenvalue weighted by Gasteiger charge is -2.08. The number of alkyl halides is 3. The molecule has 0 saturated carbocycles. The van der Waals surface area contributed by atoms with E-state index in [1.54, 1.807) is 0 Å². The van der Waals surface area contributed by atoms with Crippen LogP contribution in [0.1, 0.15) is 39.0 Å². The van der Waals surface area contributed by atoms with Gasteiger partial charge in [-0.2, -0.15) is 13.2 Å². The topological polar surface area (TPSA) is 29.1 Å². The van der Waals surface area contributed by atoms with Gasteiger partial charge in [0.05, 0.1) is 10.4 Å². The number of amides is 1. The second-order valence-electron chi connectivity index (χ2n) is 4.97. The van der Waals surface area contributed by atoms with E-state index in [0.29, 0.717) is 10.6 Å². The van der Waals surface area contributed by atoms with Crippen molar-refractivity contribution in [2.75, 3.05) is 5.32 Å². The quantitative estimate of drug-likeness (QED) is 0.813. The zero-order chi connectivity index (χ0) is 16.3. The summed E-state index contributed by atoms with van der Waals surface area (Å²) in [4.78, 5) is 13.8. The first-order valence-electron chi connectivity index (χ1n) is 6.89. The third-order valence-corrected chi connectivity index (χ3v) is 4.33. The Balaban J connectivity index is 2.10. The Morgan fingerprint density at radius 2 is 1.86 bits per heavy atom. The molecule has 0 saturated heterocycles. The molecule has 0 unspecified atom stereocenters.